The highest BCUT2D eigenvalue weighted by Gasteiger charge is 2.12. The van der Waals surface area contributed by atoms with Gasteiger partial charge in [-0.2, -0.15) is 0 Å². The maximum atomic E-state index is 11.5. The standard InChI is InChI=1S/C23H31NO4/c1-26-23(25)13-12-20(14-17-28-22-11-7-15-24-18-22)8-5-6-16-27-19-21-9-3-2-4-10-21/h2-4,7,9-11,15,18,20H,5-6,8,12-14,16-17,19H2,1H3/t20-/m1/s1. The zero-order chi connectivity index (χ0) is 19.9. The van der Waals surface area contributed by atoms with Crippen LogP contribution in [0, 0.1) is 5.92 Å². The number of carbonyl (C=O) groups excluding carboxylic acids is 1. The first kappa shape index (κ1) is 21.9. The van der Waals surface area contributed by atoms with E-state index in [0.717, 1.165) is 44.5 Å². The summed E-state index contributed by atoms with van der Waals surface area (Å²) in [7, 11) is 1.44. The summed E-state index contributed by atoms with van der Waals surface area (Å²) in [4.78, 5) is 15.5. The Balaban J connectivity index is 1.63. The smallest absolute Gasteiger partial charge is 0.305 e. The number of esters is 1. The number of nitrogens with zero attached hydrogens (tertiary/aromatic N) is 1. The van der Waals surface area contributed by atoms with E-state index in [4.69, 9.17) is 14.2 Å². The van der Waals surface area contributed by atoms with Crippen molar-refractivity contribution in [3.05, 3.63) is 60.4 Å². The minimum absolute atomic E-state index is 0.149. The fourth-order valence-corrected chi connectivity index (χ4v) is 3.03. The summed E-state index contributed by atoms with van der Waals surface area (Å²) in [6.45, 7) is 2.04. The highest BCUT2D eigenvalue weighted by Crippen LogP contribution is 2.20. The fraction of sp³-hybridized carbons (Fsp3) is 0.478. The summed E-state index contributed by atoms with van der Waals surface area (Å²) in [5.41, 5.74) is 1.20. The van der Waals surface area contributed by atoms with Crippen LogP contribution in [0.4, 0.5) is 0 Å². The Morgan fingerprint density at radius 2 is 1.86 bits per heavy atom. The molecule has 152 valence electrons. The minimum Gasteiger partial charge on any atom is -0.492 e. The van der Waals surface area contributed by atoms with Crippen LogP contribution in [0.25, 0.3) is 0 Å². The SMILES string of the molecule is COC(=O)CC[C@@H](CCCCOCc1ccccc1)CCOc1cccnc1. The maximum Gasteiger partial charge on any atom is 0.305 e. The monoisotopic (exact) mass is 385 g/mol. The Morgan fingerprint density at radius 1 is 1.00 bits per heavy atom. The van der Waals surface area contributed by atoms with Crippen LogP contribution in [0.3, 0.4) is 0 Å². The number of aromatic nitrogens is 1. The zero-order valence-electron chi connectivity index (χ0n) is 16.7. The minimum atomic E-state index is -0.149. The number of pyridine rings is 1. The molecule has 5 heteroatoms. The molecule has 28 heavy (non-hydrogen) atoms. The number of hydrogen-bond acceptors (Lipinski definition) is 5. The molecule has 0 N–H and O–H groups in total. The van der Waals surface area contributed by atoms with Crippen LogP contribution in [-0.2, 0) is 20.9 Å². The molecule has 1 atom stereocenters. The molecule has 0 fully saturated rings. The molecule has 0 aliphatic heterocycles. The van der Waals surface area contributed by atoms with Gasteiger partial charge in [-0.25, -0.2) is 0 Å². The number of benzene rings is 1. The first-order valence-corrected chi connectivity index (χ1v) is 9.99. The lowest BCUT2D eigenvalue weighted by molar-refractivity contribution is -0.141. The lowest BCUT2D eigenvalue weighted by Crippen LogP contribution is -2.11. The average Bonchev–Trinajstić information content (AvgIpc) is 2.75. The molecule has 0 aliphatic rings. The highest BCUT2D eigenvalue weighted by molar-refractivity contribution is 5.69. The van der Waals surface area contributed by atoms with Crippen LogP contribution >= 0.6 is 0 Å². The topological polar surface area (TPSA) is 57.7 Å². The number of hydrogen-bond donors (Lipinski definition) is 0. The summed E-state index contributed by atoms with van der Waals surface area (Å²) >= 11 is 0. The lowest BCUT2D eigenvalue weighted by atomic mass is 9.94. The van der Waals surface area contributed by atoms with Crippen LogP contribution in [0.1, 0.15) is 44.1 Å². The normalized spacial score (nSPS) is 11.8. The van der Waals surface area contributed by atoms with Gasteiger partial charge in [0.2, 0.25) is 0 Å². The molecule has 0 radical (unpaired) electrons. The van der Waals surface area contributed by atoms with Crippen LogP contribution in [0.15, 0.2) is 54.9 Å². The van der Waals surface area contributed by atoms with Gasteiger partial charge < -0.3 is 14.2 Å². The summed E-state index contributed by atoms with van der Waals surface area (Å²) in [5, 5.41) is 0. The second kappa shape index (κ2) is 13.7. The molecule has 2 rings (SSSR count). The molecule has 0 bridgehead atoms. The van der Waals surface area contributed by atoms with Crippen LogP contribution in [0.2, 0.25) is 0 Å². The summed E-state index contributed by atoms with van der Waals surface area (Å²) in [6.07, 6.45) is 8.79. The third-order valence-electron chi connectivity index (χ3n) is 4.68. The molecule has 1 aromatic heterocycles. The van der Waals surface area contributed by atoms with E-state index in [1.807, 2.05) is 30.3 Å². The third-order valence-corrected chi connectivity index (χ3v) is 4.68. The van der Waals surface area contributed by atoms with Gasteiger partial charge in [0.1, 0.15) is 5.75 Å². The third kappa shape index (κ3) is 9.51. The molecule has 1 heterocycles. The van der Waals surface area contributed by atoms with Crippen molar-refractivity contribution in [1.82, 2.24) is 4.98 Å². The van der Waals surface area contributed by atoms with Crippen molar-refractivity contribution in [2.24, 2.45) is 5.92 Å². The molecule has 1 aromatic carbocycles. The molecule has 5 nitrogen and oxygen atoms in total. The van der Waals surface area contributed by atoms with Crippen molar-refractivity contribution in [2.45, 2.75) is 45.1 Å². The molecule has 0 unspecified atom stereocenters. The molecular weight excluding hydrogens is 354 g/mol. The van der Waals surface area contributed by atoms with Crippen molar-refractivity contribution < 1.29 is 19.0 Å². The lowest BCUT2D eigenvalue weighted by Gasteiger charge is -2.17. The van der Waals surface area contributed by atoms with Crippen molar-refractivity contribution in [3.63, 3.8) is 0 Å². The molecule has 0 amide bonds. The Hall–Kier alpha value is -2.40. The van der Waals surface area contributed by atoms with E-state index >= 15 is 0 Å². The second-order valence-electron chi connectivity index (χ2n) is 6.84. The number of methoxy groups -OCH3 is 1. The Labute approximate surface area is 168 Å². The van der Waals surface area contributed by atoms with Crippen molar-refractivity contribution in [2.75, 3.05) is 20.3 Å². The predicted octanol–water partition coefficient (Wildman–Crippen LogP) is 4.81. The average molecular weight is 386 g/mol. The number of ether oxygens (including phenoxy) is 3. The van der Waals surface area contributed by atoms with Gasteiger partial charge >= 0.3 is 5.97 Å². The quantitative estimate of drug-likeness (QED) is 0.345. The van der Waals surface area contributed by atoms with Gasteiger partial charge in [0.15, 0.2) is 0 Å². The van der Waals surface area contributed by atoms with Crippen LogP contribution in [0.5, 0.6) is 5.75 Å². The zero-order valence-corrected chi connectivity index (χ0v) is 16.7. The number of rotatable bonds is 14. The molecule has 0 saturated heterocycles. The van der Waals surface area contributed by atoms with Gasteiger partial charge in [-0.05, 0) is 42.9 Å². The fourth-order valence-electron chi connectivity index (χ4n) is 3.03. The van der Waals surface area contributed by atoms with Gasteiger partial charge in [0.25, 0.3) is 0 Å². The predicted molar refractivity (Wildman–Crippen MR) is 109 cm³/mol. The number of unbranched alkanes of at least 4 members (excludes halogenated alkanes) is 1. The van der Waals surface area contributed by atoms with Gasteiger partial charge in [0, 0.05) is 19.2 Å². The van der Waals surface area contributed by atoms with Crippen LogP contribution in [-0.4, -0.2) is 31.3 Å². The van der Waals surface area contributed by atoms with E-state index in [0.29, 0.717) is 25.6 Å². The van der Waals surface area contributed by atoms with E-state index in [-0.39, 0.29) is 5.97 Å². The van der Waals surface area contributed by atoms with Crippen molar-refractivity contribution in [1.29, 1.82) is 0 Å². The first-order chi connectivity index (χ1) is 13.8. The number of carbonyl (C=O) groups is 1. The van der Waals surface area contributed by atoms with E-state index in [1.54, 1.807) is 12.4 Å². The van der Waals surface area contributed by atoms with Gasteiger partial charge in [-0.1, -0.05) is 43.2 Å². The molecular formula is C23H31NO4. The summed E-state index contributed by atoms with van der Waals surface area (Å²) in [5.74, 6) is 1.07. The summed E-state index contributed by atoms with van der Waals surface area (Å²) < 4.78 is 16.3. The van der Waals surface area contributed by atoms with Crippen LogP contribution < -0.4 is 4.74 Å². The van der Waals surface area contributed by atoms with Crippen molar-refractivity contribution >= 4 is 5.97 Å². The van der Waals surface area contributed by atoms with Gasteiger partial charge in [-0.3, -0.25) is 9.78 Å². The second-order valence-corrected chi connectivity index (χ2v) is 6.84. The van der Waals surface area contributed by atoms with E-state index < -0.39 is 0 Å². The Morgan fingerprint density at radius 3 is 2.61 bits per heavy atom. The molecule has 0 spiro atoms. The largest absolute Gasteiger partial charge is 0.492 e. The Bertz CT molecular complexity index is 648. The van der Waals surface area contributed by atoms with E-state index in [1.165, 1.54) is 12.7 Å². The van der Waals surface area contributed by atoms with E-state index in [9.17, 15) is 4.79 Å². The first-order valence-electron chi connectivity index (χ1n) is 9.99. The maximum absolute atomic E-state index is 11.5. The highest BCUT2D eigenvalue weighted by atomic mass is 16.5. The molecule has 0 aliphatic carbocycles. The Kier molecular flexibility index (Phi) is 10.7. The van der Waals surface area contributed by atoms with Gasteiger partial charge in [-0.15, -0.1) is 0 Å². The van der Waals surface area contributed by atoms with E-state index in [2.05, 4.69) is 17.1 Å². The summed E-state index contributed by atoms with van der Waals surface area (Å²) in [6, 6.07) is 14.0. The van der Waals surface area contributed by atoms with Gasteiger partial charge in [0.05, 0.1) is 26.5 Å². The molecule has 2 aromatic rings. The van der Waals surface area contributed by atoms with Crippen molar-refractivity contribution in [3.8, 4) is 5.75 Å². The molecule has 0 saturated carbocycles.